The summed E-state index contributed by atoms with van der Waals surface area (Å²) in [4.78, 5) is 19.8. The van der Waals surface area contributed by atoms with Crippen molar-refractivity contribution in [1.29, 1.82) is 0 Å². The number of amides is 1. The van der Waals surface area contributed by atoms with Gasteiger partial charge in [-0.05, 0) is 51.0 Å². The van der Waals surface area contributed by atoms with Crippen LogP contribution in [0, 0.1) is 13.8 Å². The molecule has 2 heterocycles. The maximum atomic E-state index is 12.8. The van der Waals surface area contributed by atoms with Crippen molar-refractivity contribution in [2.45, 2.75) is 33.2 Å². The fraction of sp³-hybridized carbons (Fsp3) is 0.333. The van der Waals surface area contributed by atoms with E-state index in [1.165, 1.54) is 11.3 Å². The molecule has 104 valence electrons. The zero-order valence-electron chi connectivity index (χ0n) is 11.8. The number of thiazole rings is 1. The first-order chi connectivity index (χ1) is 9.47. The van der Waals surface area contributed by atoms with Gasteiger partial charge in [0.25, 0.3) is 5.91 Å². The standard InChI is InChI=1S/C15H17N3OS/c1-8-6-11-7-12(16)4-5-13(11)18(8)15(19)14-9(2)17-10(3)20-14/h4-5,7-8H,6,16H2,1-3H3. The first-order valence-corrected chi connectivity index (χ1v) is 7.45. The molecule has 0 spiro atoms. The molecular weight excluding hydrogens is 270 g/mol. The van der Waals surface area contributed by atoms with Crippen LogP contribution in [0.5, 0.6) is 0 Å². The summed E-state index contributed by atoms with van der Waals surface area (Å²) < 4.78 is 0. The van der Waals surface area contributed by atoms with Crippen molar-refractivity contribution in [3.63, 3.8) is 0 Å². The Hall–Kier alpha value is -1.88. The normalized spacial score (nSPS) is 17.4. The van der Waals surface area contributed by atoms with E-state index in [9.17, 15) is 4.79 Å². The zero-order chi connectivity index (χ0) is 14.4. The SMILES string of the molecule is Cc1nc(C)c(C(=O)N2c3ccc(N)cc3CC2C)s1. The third-order valence-electron chi connectivity index (χ3n) is 3.64. The van der Waals surface area contributed by atoms with Crippen LogP contribution in [0.1, 0.15) is 32.9 Å². The van der Waals surface area contributed by atoms with E-state index in [2.05, 4.69) is 11.9 Å². The monoisotopic (exact) mass is 287 g/mol. The molecule has 1 aromatic carbocycles. The number of hydrogen-bond donors (Lipinski definition) is 1. The number of aromatic nitrogens is 1. The van der Waals surface area contributed by atoms with Crippen LogP contribution < -0.4 is 10.6 Å². The topological polar surface area (TPSA) is 59.2 Å². The molecule has 5 heteroatoms. The lowest BCUT2D eigenvalue weighted by Gasteiger charge is -2.22. The largest absolute Gasteiger partial charge is 0.399 e. The highest BCUT2D eigenvalue weighted by Crippen LogP contribution is 2.35. The summed E-state index contributed by atoms with van der Waals surface area (Å²) in [6.07, 6.45) is 0.850. The molecule has 20 heavy (non-hydrogen) atoms. The number of aryl methyl sites for hydroxylation is 2. The summed E-state index contributed by atoms with van der Waals surface area (Å²) in [5.41, 5.74) is 9.50. The van der Waals surface area contributed by atoms with Crippen LogP contribution in [0.2, 0.25) is 0 Å². The lowest BCUT2D eigenvalue weighted by Crippen LogP contribution is -2.35. The fourth-order valence-electron chi connectivity index (χ4n) is 2.80. The number of benzene rings is 1. The Bertz CT molecular complexity index is 692. The molecule has 0 bridgehead atoms. The second-order valence-electron chi connectivity index (χ2n) is 5.26. The van der Waals surface area contributed by atoms with E-state index in [0.717, 1.165) is 38.9 Å². The molecule has 1 aromatic heterocycles. The molecule has 0 saturated carbocycles. The smallest absolute Gasteiger partial charge is 0.270 e. The molecule has 1 amide bonds. The molecule has 3 rings (SSSR count). The van der Waals surface area contributed by atoms with Gasteiger partial charge in [0.15, 0.2) is 0 Å². The van der Waals surface area contributed by atoms with E-state index in [4.69, 9.17) is 5.73 Å². The van der Waals surface area contributed by atoms with Crippen molar-refractivity contribution in [3.8, 4) is 0 Å². The predicted molar refractivity (Wildman–Crippen MR) is 82.4 cm³/mol. The van der Waals surface area contributed by atoms with E-state index in [0.29, 0.717) is 0 Å². The van der Waals surface area contributed by atoms with Crippen molar-refractivity contribution in [3.05, 3.63) is 39.3 Å². The van der Waals surface area contributed by atoms with Gasteiger partial charge in [-0.15, -0.1) is 11.3 Å². The van der Waals surface area contributed by atoms with Gasteiger partial charge in [0.05, 0.1) is 10.7 Å². The summed E-state index contributed by atoms with van der Waals surface area (Å²) in [6.45, 7) is 5.88. The number of nitrogen functional groups attached to an aromatic ring is 1. The maximum absolute atomic E-state index is 12.8. The molecule has 1 aliphatic heterocycles. The minimum Gasteiger partial charge on any atom is -0.399 e. The molecule has 2 N–H and O–H groups in total. The predicted octanol–water partition coefficient (Wildman–Crippen LogP) is 2.93. The Kier molecular flexibility index (Phi) is 3.01. The third kappa shape index (κ3) is 1.98. The molecule has 2 aromatic rings. The van der Waals surface area contributed by atoms with Crippen LogP contribution in [0.3, 0.4) is 0 Å². The quantitative estimate of drug-likeness (QED) is 0.820. The number of rotatable bonds is 1. The van der Waals surface area contributed by atoms with Crippen molar-refractivity contribution < 1.29 is 4.79 Å². The van der Waals surface area contributed by atoms with Gasteiger partial charge >= 0.3 is 0 Å². The number of hydrogen-bond acceptors (Lipinski definition) is 4. The molecule has 1 aliphatic rings. The molecule has 1 unspecified atom stereocenters. The minimum atomic E-state index is 0.0455. The van der Waals surface area contributed by atoms with Gasteiger partial charge in [-0.2, -0.15) is 0 Å². The van der Waals surface area contributed by atoms with Gasteiger partial charge in [0.1, 0.15) is 4.88 Å². The second kappa shape index (κ2) is 4.59. The van der Waals surface area contributed by atoms with Gasteiger partial charge in [0.2, 0.25) is 0 Å². The van der Waals surface area contributed by atoms with E-state index in [1.807, 2.05) is 36.9 Å². The van der Waals surface area contributed by atoms with Gasteiger partial charge in [-0.1, -0.05) is 0 Å². The average molecular weight is 287 g/mol. The molecule has 0 aliphatic carbocycles. The van der Waals surface area contributed by atoms with Crippen LogP contribution in [0.4, 0.5) is 11.4 Å². The molecular formula is C15H17N3OS. The summed E-state index contributed by atoms with van der Waals surface area (Å²) in [6, 6.07) is 5.90. The summed E-state index contributed by atoms with van der Waals surface area (Å²) in [7, 11) is 0. The lowest BCUT2D eigenvalue weighted by atomic mass is 10.1. The van der Waals surface area contributed by atoms with Gasteiger partial charge < -0.3 is 10.6 Å². The van der Waals surface area contributed by atoms with E-state index in [1.54, 1.807) is 0 Å². The molecule has 1 atom stereocenters. The number of carbonyl (C=O) groups excluding carboxylic acids is 1. The minimum absolute atomic E-state index is 0.0455. The van der Waals surface area contributed by atoms with Crippen molar-refractivity contribution >= 4 is 28.6 Å². The summed E-state index contributed by atoms with van der Waals surface area (Å²) >= 11 is 1.46. The fourth-order valence-corrected chi connectivity index (χ4v) is 3.66. The Morgan fingerprint density at radius 3 is 2.85 bits per heavy atom. The first kappa shape index (κ1) is 13.1. The number of nitrogens with two attached hydrogens (primary N) is 1. The average Bonchev–Trinajstić information content (AvgIpc) is 2.87. The van der Waals surface area contributed by atoms with Crippen LogP contribution >= 0.6 is 11.3 Å². The van der Waals surface area contributed by atoms with Crippen LogP contribution in [0.15, 0.2) is 18.2 Å². The molecule has 0 fully saturated rings. The Morgan fingerprint density at radius 2 is 2.20 bits per heavy atom. The number of carbonyl (C=O) groups is 1. The molecule has 0 radical (unpaired) electrons. The van der Waals surface area contributed by atoms with Crippen LogP contribution in [-0.4, -0.2) is 16.9 Å². The lowest BCUT2D eigenvalue weighted by molar-refractivity contribution is 0.0984. The van der Waals surface area contributed by atoms with Gasteiger partial charge in [0, 0.05) is 17.4 Å². The van der Waals surface area contributed by atoms with Crippen LogP contribution in [-0.2, 0) is 6.42 Å². The second-order valence-corrected chi connectivity index (χ2v) is 6.47. The van der Waals surface area contributed by atoms with Gasteiger partial charge in [-0.25, -0.2) is 4.98 Å². The third-order valence-corrected chi connectivity index (χ3v) is 4.70. The Labute approximate surface area is 122 Å². The number of fused-ring (bicyclic) bond motifs is 1. The first-order valence-electron chi connectivity index (χ1n) is 6.63. The highest BCUT2D eigenvalue weighted by molar-refractivity contribution is 7.13. The highest BCUT2D eigenvalue weighted by atomic mass is 32.1. The Balaban J connectivity index is 2.03. The van der Waals surface area contributed by atoms with Gasteiger partial charge in [-0.3, -0.25) is 4.79 Å². The van der Waals surface area contributed by atoms with Crippen molar-refractivity contribution in [2.24, 2.45) is 0 Å². The molecule has 0 saturated heterocycles. The number of anilines is 2. The summed E-state index contributed by atoms with van der Waals surface area (Å²) in [5, 5.41) is 0.926. The van der Waals surface area contributed by atoms with E-state index >= 15 is 0 Å². The summed E-state index contributed by atoms with van der Waals surface area (Å²) in [5.74, 6) is 0.0455. The number of nitrogens with zero attached hydrogens (tertiary/aromatic N) is 2. The molecule has 4 nitrogen and oxygen atoms in total. The van der Waals surface area contributed by atoms with Crippen molar-refractivity contribution in [2.75, 3.05) is 10.6 Å². The van der Waals surface area contributed by atoms with E-state index in [-0.39, 0.29) is 11.9 Å². The van der Waals surface area contributed by atoms with E-state index < -0.39 is 0 Å². The van der Waals surface area contributed by atoms with Crippen LogP contribution in [0.25, 0.3) is 0 Å². The maximum Gasteiger partial charge on any atom is 0.270 e. The highest BCUT2D eigenvalue weighted by Gasteiger charge is 2.33. The van der Waals surface area contributed by atoms with Crippen molar-refractivity contribution in [1.82, 2.24) is 4.98 Å². The Morgan fingerprint density at radius 1 is 1.45 bits per heavy atom. The zero-order valence-corrected chi connectivity index (χ0v) is 12.6.